The van der Waals surface area contributed by atoms with E-state index in [1.807, 2.05) is 19.1 Å². The van der Waals surface area contributed by atoms with Crippen LogP contribution in [-0.2, 0) is 0 Å². The lowest BCUT2D eigenvalue weighted by Crippen LogP contribution is -2.49. The van der Waals surface area contributed by atoms with Gasteiger partial charge in [0.1, 0.15) is 0 Å². The molecule has 3 N–H and O–H groups in total. The predicted octanol–water partition coefficient (Wildman–Crippen LogP) is 1.71. The van der Waals surface area contributed by atoms with Crippen molar-refractivity contribution in [3.05, 3.63) is 42.2 Å². The van der Waals surface area contributed by atoms with Gasteiger partial charge in [-0.2, -0.15) is 0 Å². The van der Waals surface area contributed by atoms with Gasteiger partial charge >= 0.3 is 0 Å². The smallest absolute Gasteiger partial charge is 0.191 e. The molecule has 138 valence electrons. The molecular formula is C19H31N5O. The van der Waals surface area contributed by atoms with Crippen LogP contribution in [0.15, 0.2) is 41.7 Å². The van der Waals surface area contributed by atoms with E-state index in [1.165, 1.54) is 5.57 Å². The number of hydrogen-bond acceptors (Lipinski definition) is 4. The van der Waals surface area contributed by atoms with E-state index in [2.05, 4.69) is 39.0 Å². The van der Waals surface area contributed by atoms with Gasteiger partial charge in [0.25, 0.3) is 0 Å². The minimum absolute atomic E-state index is 0.327. The van der Waals surface area contributed by atoms with Crippen LogP contribution in [-0.4, -0.2) is 59.7 Å². The molecule has 1 fully saturated rings. The number of aliphatic imine (C=N–C) groups is 1. The Labute approximate surface area is 151 Å². The Morgan fingerprint density at radius 3 is 2.68 bits per heavy atom. The molecule has 0 radical (unpaired) electrons. The van der Waals surface area contributed by atoms with E-state index in [0.29, 0.717) is 12.6 Å². The quantitative estimate of drug-likeness (QED) is 0.399. The maximum atomic E-state index is 10.3. The largest absolute Gasteiger partial charge is 0.386 e. The monoisotopic (exact) mass is 345 g/mol. The SMILES string of the molecule is C=C(C)CN1CCC(NC(=NCC(O)c2ccncc2)NCC)CC1. The summed E-state index contributed by atoms with van der Waals surface area (Å²) >= 11 is 0. The maximum absolute atomic E-state index is 10.3. The lowest BCUT2D eigenvalue weighted by Gasteiger charge is -2.33. The van der Waals surface area contributed by atoms with E-state index in [1.54, 1.807) is 12.4 Å². The molecule has 1 atom stereocenters. The molecule has 1 unspecified atom stereocenters. The van der Waals surface area contributed by atoms with E-state index in [0.717, 1.165) is 50.5 Å². The summed E-state index contributed by atoms with van der Waals surface area (Å²) in [5.41, 5.74) is 2.05. The number of guanidine groups is 1. The highest BCUT2D eigenvalue weighted by molar-refractivity contribution is 5.80. The molecule has 0 aliphatic carbocycles. The molecule has 2 heterocycles. The van der Waals surface area contributed by atoms with Gasteiger partial charge in [0.15, 0.2) is 5.96 Å². The molecule has 25 heavy (non-hydrogen) atoms. The van der Waals surface area contributed by atoms with Gasteiger partial charge in [0.2, 0.25) is 0 Å². The van der Waals surface area contributed by atoms with Crippen molar-refractivity contribution < 1.29 is 5.11 Å². The number of nitrogens with one attached hydrogen (secondary N) is 2. The van der Waals surface area contributed by atoms with Crippen molar-refractivity contribution in [1.82, 2.24) is 20.5 Å². The van der Waals surface area contributed by atoms with Gasteiger partial charge in [0, 0.05) is 44.6 Å². The molecule has 1 aromatic heterocycles. The summed E-state index contributed by atoms with van der Waals surface area (Å²) in [6, 6.07) is 4.05. The number of aromatic nitrogens is 1. The van der Waals surface area contributed by atoms with Gasteiger partial charge in [-0.1, -0.05) is 12.2 Å². The zero-order chi connectivity index (χ0) is 18.1. The summed E-state index contributed by atoms with van der Waals surface area (Å²) in [5.74, 6) is 0.772. The Morgan fingerprint density at radius 2 is 2.08 bits per heavy atom. The van der Waals surface area contributed by atoms with Crippen LogP contribution in [0, 0.1) is 0 Å². The molecule has 1 aliphatic rings. The van der Waals surface area contributed by atoms with Gasteiger partial charge in [-0.15, -0.1) is 0 Å². The summed E-state index contributed by atoms with van der Waals surface area (Å²) in [4.78, 5) is 11.0. The average Bonchev–Trinajstić information content (AvgIpc) is 2.61. The molecule has 0 amide bonds. The van der Waals surface area contributed by atoms with Gasteiger partial charge in [-0.3, -0.25) is 14.9 Å². The van der Waals surface area contributed by atoms with Crippen molar-refractivity contribution in [3.8, 4) is 0 Å². The average molecular weight is 345 g/mol. The van der Waals surface area contributed by atoms with Crippen molar-refractivity contribution >= 4 is 5.96 Å². The second-order valence-electron chi connectivity index (χ2n) is 6.67. The molecule has 1 saturated heterocycles. The number of hydrogen-bond donors (Lipinski definition) is 3. The van der Waals surface area contributed by atoms with E-state index in [9.17, 15) is 5.11 Å². The molecule has 0 spiro atoms. The Hall–Kier alpha value is -1.92. The second kappa shape index (κ2) is 10.2. The number of aliphatic hydroxyl groups excluding tert-OH is 1. The minimum atomic E-state index is -0.615. The third kappa shape index (κ3) is 6.84. The fourth-order valence-corrected chi connectivity index (χ4v) is 3.00. The first kappa shape index (κ1) is 19.4. The molecule has 6 heteroatoms. The Balaban J connectivity index is 1.85. The fourth-order valence-electron chi connectivity index (χ4n) is 3.00. The van der Waals surface area contributed by atoms with Crippen LogP contribution >= 0.6 is 0 Å². The van der Waals surface area contributed by atoms with Crippen LogP contribution in [0.25, 0.3) is 0 Å². The summed E-state index contributed by atoms with van der Waals surface area (Å²) in [6.45, 7) is 12.4. The Kier molecular flexibility index (Phi) is 7.88. The highest BCUT2D eigenvalue weighted by Gasteiger charge is 2.20. The molecule has 0 aromatic carbocycles. The summed E-state index contributed by atoms with van der Waals surface area (Å²) in [5, 5.41) is 17.0. The van der Waals surface area contributed by atoms with E-state index in [4.69, 9.17) is 0 Å². The Bertz CT molecular complexity index is 552. The van der Waals surface area contributed by atoms with Gasteiger partial charge in [-0.25, -0.2) is 0 Å². The van der Waals surface area contributed by atoms with Crippen LogP contribution in [0.3, 0.4) is 0 Å². The van der Waals surface area contributed by atoms with Gasteiger partial charge in [0.05, 0.1) is 12.6 Å². The van der Waals surface area contributed by atoms with Crippen molar-refractivity contribution in [1.29, 1.82) is 0 Å². The first-order chi connectivity index (χ1) is 12.1. The van der Waals surface area contributed by atoms with Crippen LogP contribution in [0.4, 0.5) is 0 Å². The second-order valence-corrected chi connectivity index (χ2v) is 6.67. The molecule has 2 rings (SSSR count). The lowest BCUT2D eigenvalue weighted by atomic mass is 10.0. The van der Waals surface area contributed by atoms with Crippen molar-refractivity contribution in [2.24, 2.45) is 4.99 Å². The molecule has 1 aliphatic heterocycles. The van der Waals surface area contributed by atoms with E-state index >= 15 is 0 Å². The number of piperidine rings is 1. The number of pyridine rings is 1. The molecule has 1 aromatic rings. The fraction of sp³-hybridized carbons (Fsp3) is 0.579. The zero-order valence-electron chi connectivity index (χ0n) is 15.4. The first-order valence-electron chi connectivity index (χ1n) is 9.08. The highest BCUT2D eigenvalue weighted by atomic mass is 16.3. The highest BCUT2D eigenvalue weighted by Crippen LogP contribution is 2.13. The third-order valence-electron chi connectivity index (χ3n) is 4.28. The Morgan fingerprint density at radius 1 is 1.40 bits per heavy atom. The van der Waals surface area contributed by atoms with Crippen LogP contribution in [0.2, 0.25) is 0 Å². The predicted molar refractivity (Wildman–Crippen MR) is 103 cm³/mol. The number of aliphatic hydroxyl groups is 1. The van der Waals surface area contributed by atoms with E-state index in [-0.39, 0.29) is 0 Å². The zero-order valence-corrected chi connectivity index (χ0v) is 15.4. The molecule has 0 saturated carbocycles. The van der Waals surface area contributed by atoms with Gasteiger partial charge < -0.3 is 15.7 Å². The van der Waals surface area contributed by atoms with Crippen molar-refractivity contribution in [3.63, 3.8) is 0 Å². The van der Waals surface area contributed by atoms with Crippen molar-refractivity contribution in [2.45, 2.75) is 38.8 Å². The summed E-state index contributed by atoms with van der Waals surface area (Å²) < 4.78 is 0. The van der Waals surface area contributed by atoms with Crippen molar-refractivity contribution in [2.75, 3.05) is 32.7 Å². The third-order valence-corrected chi connectivity index (χ3v) is 4.28. The first-order valence-corrected chi connectivity index (χ1v) is 9.08. The number of likely N-dealkylation sites (tertiary alicyclic amines) is 1. The minimum Gasteiger partial charge on any atom is -0.386 e. The van der Waals surface area contributed by atoms with Crippen LogP contribution in [0.5, 0.6) is 0 Å². The number of nitrogens with zero attached hydrogens (tertiary/aromatic N) is 3. The standard InChI is InChI=1S/C19H31N5O/c1-4-21-19(22-13-18(25)16-5-9-20-10-6-16)23-17-7-11-24(12-8-17)14-15(2)3/h5-6,9-10,17-18,25H,2,4,7-8,11-14H2,1,3H3,(H2,21,22,23). The molecule has 6 nitrogen and oxygen atoms in total. The lowest BCUT2D eigenvalue weighted by molar-refractivity contribution is 0.186. The number of rotatable bonds is 7. The summed E-state index contributed by atoms with van der Waals surface area (Å²) in [6.07, 6.45) is 4.93. The maximum Gasteiger partial charge on any atom is 0.191 e. The molecular weight excluding hydrogens is 314 g/mol. The normalized spacial score (nSPS) is 18.0. The van der Waals surface area contributed by atoms with E-state index < -0.39 is 6.10 Å². The topological polar surface area (TPSA) is 72.8 Å². The van der Waals surface area contributed by atoms with Crippen LogP contribution in [0.1, 0.15) is 38.4 Å². The molecule has 0 bridgehead atoms. The summed E-state index contributed by atoms with van der Waals surface area (Å²) in [7, 11) is 0. The van der Waals surface area contributed by atoms with Crippen LogP contribution < -0.4 is 10.6 Å². The van der Waals surface area contributed by atoms with Gasteiger partial charge in [-0.05, 0) is 44.4 Å².